The van der Waals surface area contributed by atoms with E-state index in [1.807, 2.05) is 45.0 Å². The second kappa shape index (κ2) is 12.0. The second-order valence-corrected chi connectivity index (χ2v) is 9.92. The minimum Gasteiger partial charge on any atom is -0.493 e. The van der Waals surface area contributed by atoms with Gasteiger partial charge in [0.2, 0.25) is 0 Å². The van der Waals surface area contributed by atoms with Gasteiger partial charge in [0.1, 0.15) is 0 Å². The molecule has 190 valence electrons. The summed E-state index contributed by atoms with van der Waals surface area (Å²) in [6.45, 7) is 6.17. The molecule has 0 saturated carbocycles. The van der Waals surface area contributed by atoms with Crippen molar-refractivity contribution < 1.29 is 19.1 Å². The maximum absolute atomic E-state index is 12.5. The Morgan fingerprint density at radius 1 is 0.889 bits per heavy atom. The highest BCUT2D eigenvalue weighted by atomic mass is 35.5. The summed E-state index contributed by atoms with van der Waals surface area (Å²) < 4.78 is 11.1. The molecule has 2 amide bonds. The third-order valence-corrected chi connectivity index (χ3v) is 5.46. The number of methoxy groups -OCH3 is 1. The number of amides is 2. The minimum absolute atomic E-state index is 0.0989. The molecule has 0 spiro atoms. The first kappa shape index (κ1) is 27.2. The van der Waals surface area contributed by atoms with Gasteiger partial charge in [-0.2, -0.15) is 0 Å². The number of anilines is 2. The molecule has 0 aromatic heterocycles. The summed E-state index contributed by atoms with van der Waals surface area (Å²) in [6.07, 6.45) is 0. The Kier molecular flexibility index (Phi) is 9.07. The van der Waals surface area contributed by atoms with E-state index >= 15 is 0 Å². The lowest BCUT2D eigenvalue weighted by molar-refractivity contribution is -0.124. The van der Waals surface area contributed by atoms with Crippen molar-refractivity contribution in [3.05, 3.63) is 81.8 Å². The molecule has 0 aliphatic rings. The summed E-state index contributed by atoms with van der Waals surface area (Å²) in [7, 11) is 1.55. The summed E-state index contributed by atoms with van der Waals surface area (Å²) in [6, 6.07) is 17.6. The number of benzene rings is 3. The van der Waals surface area contributed by atoms with Gasteiger partial charge >= 0.3 is 0 Å². The van der Waals surface area contributed by atoms with Gasteiger partial charge in [0, 0.05) is 28.5 Å². The molecule has 0 aliphatic heterocycles. The zero-order chi connectivity index (χ0) is 26.3. The molecule has 7 nitrogen and oxygen atoms in total. The van der Waals surface area contributed by atoms with Crippen molar-refractivity contribution in [2.45, 2.75) is 32.9 Å². The standard InChI is InChI=1S/C27H29Cl2N3O4/c1-27(2,3)32-25(33)16-36-23-12-5-17(13-24(23)35-4)15-30-19-7-9-20(10-8-19)31-26(34)21-11-6-18(28)14-22(21)29/h5-14,30H,15-16H2,1-4H3,(H,31,34)(H,32,33). The first-order valence-corrected chi connectivity index (χ1v) is 12.0. The lowest BCUT2D eigenvalue weighted by Gasteiger charge is -2.20. The van der Waals surface area contributed by atoms with E-state index in [1.54, 1.807) is 37.4 Å². The van der Waals surface area contributed by atoms with Gasteiger partial charge in [0.05, 0.1) is 17.7 Å². The fourth-order valence-corrected chi connectivity index (χ4v) is 3.78. The van der Waals surface area contributed by atoms with Gasteiger partial charge in [0.15, 0.2) is 18.1 Å². The number of ether oxygens (including phenoxy) is 2. The molecule has 0 radical (unpaired) electrons. The van der Waals surface area contributed by atoms with Gasteiger partial charge in [-0.15, -0.1) is 0 Å². The fourth-order valence-electron chi connectivity index (χ4n) is 3.29. The number of carbonyl (C=O) groups is 2. The summed E-state index contributed by atoms with van der Waals surface area (Å²) in [5.74, 6) is 0.511. The van der Waals surface area contributed by atoms with Gasteiger partial charge in [-0.25, -0.2) is 0 Å². The Labute approximate surface area is 221 Å². The summed E-state index contributed by atoms with van der Waals surface area (Å²) in [5.41, 5.74) is 2.49. The van der Waals surface area contributed by atoms with Gasteiger partial charge < -0.3 is 25.4 Å². The fraction of sp³-hybridized carbons (Fsp3) is 0.259. The zero-order valence-corrected chi connectivity index (χ0v) is 22.1. The van der Waals surface area contributed by atoms with Crippen LogP contribution in [-0.4, -0.2) is 31.1 Å². The number of rotatable bonds is 9. The van der Waals surface area contributed by atoms with Crippen LogP contribution in [-0.2, 0) is 11.3 Å². The van der Waals surface area contributed by atoms with E-state index in [2.05, 4.69) is 16.0 Å². The maximum atomic E-state index is 12.5. The Balaban J connectivity index is 1.55. The highest BCUT2D eigenvalue weighted by Gasteiger charge is 2.15. The van der Waals surface area contributed by atoms with Crippen molar-refractivity contribution in [3.8, 4) is 11.5 Å². The number of carbonyl (C=O) groups excluding carboxylic acids is 2. The highest BCUT2D eigenvalue weighted by Crippen LogP contribution is 2.29. The van der Waals surface area contributed by atoms with E-state index in [9.17, 15) is 9.59 Å². The van der Waals surface area contributed by atoms with Crippen LogP contribution in [0.25, 0.3) is 0 Å². The Morgan fingerprint density at radius 2 is 1.58 bits per heavy atom. The molecule has 0 aliphatic carbocycles. The predicted octanol–water partition coefficient (Wildman–Crippen LogP) is 6.16. The summed E-state index contributed by atoms with van der Waals surface area (Å²) in [5, 5.41) is 9.76. The van der Waals surface area contributed by atoms with Crippen LogP contribution in [0.5, 0.6) is 11.5 Å². The zero-order valence-electron chi connectivity index (χ0n) is 20.6. The van der Waals surface area contributed by atoms with E-state index in [-0.39, 0.29) is 24.0 Å². The van der Waals surface area contributed by atoms with Crippen LogP contribution in [0.3, 0.4) is 0 Å². The Hall–Kier alpha value is -3.42. The molecule has 0 heterocycles. The van der Waals surface area contributed by atoms with E-state index in [0.717, 1.165) is 11.3 Å². The molecule has 0 bridgehead atoms. The second-order valence-electron chi connectivity index (χ2n) is 9.08. The molecule has 0 fully saturated rings. The number of halogens is 2. The van der Waals surface area contributed by atoms with Crippen LogP contribution in [0.1, 0.15) is 36.7 Å². The van der Waals surface area contributed by atoms with E-state index < -0.39 is 0 Å². The molecule has 0 atom stereocenters. The largest absolute Gasteiger partial charge is 0.493 e. The van der Waals surface area contributed by atoms with E-state index in [0.29, 0.717) is 39.3 Å². The average molecular weight is 530 g/mol. The summed E-state index contributed by atoms with van der Waals surface area (Å²) in [4.78, 5) is 24.5. The summed E-state index contributed by atoms with van der Waals surface area (Å²) >= 11 is 12.0. The normalized spacial score (nSPS) is 10.9. The third-order valence-electron chi connectivity index (χ3n) is 4.92. The molecule has 3 aromatic carbocycles. The SMILES string of the molecule is COc1cc(CNc2ccc(NC(=O)c3ccc(Cl)cc3Cl)cc2)ccc1OCC(=O)NC(C)(C)C. The third kappa shape index (κ3) is 8.07. The van der Waals surface area contributed by atoms with Crippen molar-refractivity contribution >= 4 is 46.4 Å². The van der Waals surface area contributed by atoms with Gasteiger partial charge in [-0.3, -0.25) is 9.59 Å². The smallest absolute Gasteiger partial charge is 0.258 e. The van der Waals surface area contributed by atoms with Crippen LogP contribution in [0.15, 0.2) is 60.7 Å². The lowest BCUT2D eigenvalue weighted by Crippen LogP contribution is -2.43. The van der Waals surface area contributed by atoms with Gasteiger partial charge in [-0.05, 0) is 80.9 Å². The van der Waals surface area contributed by atoms with Crippen LogP contribution in [0.2, 0.25) is 10.0 Å². The first-order valence-electron chi connectivity index (χ1n) is 11.2. The monoisotopic (exact) mass is 529 g/mol. The van der Waals surface area contributed by atoms with Crippen LogP contribution in [0.4, 0.5) is 11.4 Å². The molecule has 0 unspecified atom stereocenters. The van der Waals surface area contributed by atoms with Crippen molar-refractivity contribution in [2.24, 2.45) is 0 Å². The van der Waals surface area contributed by atoms with Crippen LogP contribution in [0, 0.1) is 0 Å². The Bertz CT molecular complexity index is 1220. The molecular weight excluding hydrogens is 501 g/mol. The Morgan fingerprint density at radius 3 is 2.22 bits per heavy atom. The molecule has 36 heavy (non-hydrogen) atoms. The number of hydrogen-bond acceptors (Lipinski definition) is 5. The van der Waals surface area contributed by atoms with Gasteiger partial charge in [0.25, 0.3) is 11.8 Å². The number of nitrogens with one attached hydrogen (secondary N) is 3. The van der Waals surface area contributed by atoms with Crippen molar-refractivity contribution in [1.29, 1.82) is 0 Å². The van der Waals surface area contributed by atoms with E-state index in [1.165, 1.54) is 6.07 Å². The van der Waals surface area contributed by atoms with Crippen molar-refractivity contribution in [2.75, 3.05) is 24.4 Å². The number of hydrogen-bond donors (Lipinski definition) is 3. The predicted molar refractivity (Wildman–Crippen MR) is 145 cm³/mol. The molecular formula is C27H29Cl2N3O4. The quantitative estimate of drug-likeness (QED) is 0.309. The molecule has 3 aromatic rings. The first-order chi connectivity index (χ1) is 17.0. The van der Waals surface area contributed by atoms with Crippen molar-refractivity contribution in [3.63, 3.8) is 0 Å². The molecule has 3 rings (SSSR count). The van der Waals surface area contributed by atoms with Gasteiger partial charge in [-0.1, -0.05) is 29.3 Å². The highest BCUT2D eigenvalue weighted by molar-refractivity contribution is 6.37. The molecule has 3 N–H and O–H groups in total. The molecule has 0 saturated heterocycles. The van der Waals surface area contributed by atoms with Crippen molar-refractivity contribution in [1.82, 2.24) is 5.32 Å². The topological polar surface area (TPSA) is 88.7 Å². The molecule has 9 heteroatoms. The van der Waals surface area contributed by atoms with Crippen LogP contribution >= 0.6 is 23.2 Å². The minimum atomic E-state index is -0.325. The lowest BCUT2D eigenvalue weighted by atomic mass is 10.1. The van der Waals surface area contributed by atoms with E-state index in [4.69, 9.17) is 32.7 Å². The maximum Gasteiger partial charge on any atom is 0.258 e. The van der Waals surface area contributed by atoms with Crippen LogP contribution < -0.4 is 25.4 Å². The average Bonchev–Trinajstić information content (AvgIpc) is 2.81.